The minimum absolute atomic E-state index is 0.170. The van der Waals surface area contributed by atoms with Crippen LogP contribution in [0.1, 0.15) is 24.1 Å². The zero-order valence-electron chi connectivity index (χ0n) is 19.1. The Balaban J connectivity index is 1.59. The van der Waals surface area contributed by atoms with Crippen molar-refractivity contribution in [2.75, 3.05) is 25.1 Å². The second-order valence-corrected chi connectivity index (χ2v) is 9.57. The number of para-hydroxylation sites is 1. The zero-order valence-corrected chi connectivity index (χ0v) is 19.9. The van der Waals surface area contributed by atoms with Gasteiger partial charge in [0.15, 0.2) is 6.61 Å². The van der Waals surface area contributed by atoms with Gasteiger partial charge in [-0.2, -0.15) is 0 Å². The molecule has 0 spiro atoms. The maximum Gasteiger partial charge on any atom is 0.264 e. The number of nitrogens with zero attached hydrogens (tertiary/aromatic N) is 1. The summed E-state index contributed by atoms with van der Waals surface area (Å²) in [7, 11) is -0.590. The van der Waals surface area contributed by atoms with Crippen molar-refractivity contribution in [1.82, 2.24) is 5.32 Å². The average molecular weight is 469 g/mol. The van der Waals surface area contributed by atoms with Crippen molar-refractivity contribution >= 4 is 21.6 Å². The highest BCUT2D eigenvalue weighted by Gasteiger charge is 2.21. The van der Waals surface area contributed by atoms with Gasteiger partial charge in [0.1, 0.15) is 11.5 Å². The fourth-order valence-corrected chi connectivity index (χ4v) is 4.49. The van der Waals surface area contributed by atoms with Crippen LogP contribution in [0.5, 0.6) is 11.5 Å². The molecule has 7 nitrogen and oxygen atoms in total. The summed E-state index contributed by atoms with van der Waals surface area (Å²) in [4.78, 5) is 12.5. The molecule has 0 heterocycles. The average Bonchev–Trinajstić information content (AvgIpc) is 2.82. The van der Waals surface area contributed by atoms with E-state index < -0.39 is 10.0 Å². The third-order valence-electron chi connectivity index (χ3n) is 5.23. The van der Waals surface area contributed by atoms with E-state index in [1.807, 2.05) is 38.1 Å². The van der Waals surface area contributed by atoms with Gasteiger partial charge in [0.05, 0.1) is 23.7 Å². The molecule has 0 aliphatic heterocycles. The molecular formula is C25H28N2O5S. The predicted molar refractivity (Wildman–Crippen MR) is 128 cm³/mol. The monoisotopic (exact) mass is 468 g/mol. The normalized spacial score (nSPS) is 12.0. The van der Waals surface area contributed by atoms with Gasteiger partial charge in [-0.15, -0.1) is 0 Å². The number of methoxy groups -OCH3 is 1. The molecule has 0 saturated carbocycles. The highest BCUT2D eigenvalue weighted by molar-refractivity contribution is 7.92. The maximum absolute atomic E-state index is 12.8. The van der Waals surface area contributed by atoms with Crippen LogP contribution in [-0.2, 0) is 14.8 Å². The van der Waals surface area contributed by atoms with Crippen LogP contribution >= 0.6 is 0 Å². The van der Waals surface area contributed by atoms with Gasteiger partial charge in [-0.25, -0.2) is 8.42 Å². The summed E-state index contributed by atoms with van der Waals surface area (Å²) in [5.74, 6) is 0.878. The number of hydrogen-bond acceptors (Lipinski definition) is 5. The fourth-order valence-electron chi connectivity index (χ4n) is 3.29. The summed E-state index contributed by atoms with van der Waals surface area (Å²) in [6.07, 6.45) is 0. The number of anilines is 1. The maximum atomic E-state index is 12.8. The van der Waals surface area contributed by atoms with E-state index in [0.717, 1.165) is 11.1 Å². The van der Waals surface area contributed by atoms with E-state index in [1.165, 1.54) is 11.4 Å². The van der Waals surface area contributed by atoms with Crippen LogP contribution in [0.3, 0.4) is 0 Å². The van der Waals surface area contributed by atoms with E-state index in [4.69, 9.17) is 9.47 Å². The Morgan fingerprint density at radius 3 is 2.27 bits per heavy atom. The summed E-state index contributed by atoms with van der Waals surface area (Å²) < 4.78 is 37.8. The Hall–Kier alpha value is -3.52. The van der Waals surface area contributed by atoms with Crippen LogP contribution < -0.4 is 19.1 Å². The molecular weight excluding hydrogens is 440 g/mol. The number of hydrogen-bond donors (Lipinski definition) is 1. The number of nitrogens with one attached hydrogen (secondary N) is 1. The quantitative estimate of drug-likeness (QED) is 0.511. The summed E-state index contributed by atoms with van der Waals surface area (Å²) >= 11 is 0. The van der Waals surface area contributed by atoms with Gasteiger partial charge in [-0.3, -0.25) is 9.10 Å². The molecule has 0 bridgehead atoms. The first kappa shape index (κ1) is 24.1. The van der Waals surface area contributed by atoms with Gasteiger partial charge in [0.25, 0.3) is 15.9 Å². The van der Waals surface area contributed by atoms with E-state index in [9.17, 15) is 13.2 Å². The Labute approximate surface area is 195 Å². The number of rotatable bonds is 9. The molecule has 33 heavy (non-hydrogen) atoms. The summed E-state index contributed by atoms with van der Waals surface area (Å²) in [6.45, 7) is 3.60. The Morgan fingerprint density at radius 2 is 1.64 bits per heavy atom. The van der Waals surface area contributed by atoms with Crippen molar-refractivity contribution in [3.63, 3.8) is 0 Å². The van der Waals surface area contributed by atoms with Crippen molar-refractivity contribution in [1.29, 1.82) is 0 Å². The van der Waals surface area contributed by atoms with Gasteiger partial charge in [-0.1, -0.05) is 35.9 Å². The molecule has 0 radical (unpaired) electrons. The molecule has 8 heteroatoms. The summed E-state index contributed by atoms with van der Waals surface area (Å²) in [5.41, 5.74) is 2.34. The number of benzene rings is 3. The van der Waals surface area contributed by atoms with Crippen molar-refractivity contribution in [3.05, 3.63) is 83.9 Å². The standard InChI is InChI=1S/C25H28N2O5S/c1-18-9-15-22(16-10-18)33(29,30)27(3)20-11-13-21(14-12-20)32-17-25(28)26-19(2)23-7-5-6-8-24(23)31-4/h5-16,19H,17H2,1-4H3,(H,26,28)/t19-/m0/s1. The Kier molecular flexibility index (Phi) is 7.60. The molecule has 3 rings (SSSR count). The second-order valence-electron chi connectivity index (χ2n) is 7.60. The molecule has 1 N–H and O–H groups in total. The highest BCUT2D eigenvalue weighted by atomic mass is 32.2. The lowest BCUT2D eigenvalue weighted by Crippen LogP contribution is -2.31. The second kappa shape index (κ2) is 10.4. The van der Waals surface area contributed by atoms with E-state index in [1.54, 1.807) is 55.6 Å². The zero-order chi connectivity index (χ0) is 24.0. The SMILES string of the molecule is COc1ccccc1[C@H](C)NC(=O)COc1ccc(N(C)S(=O)(=O)c2ccc(C)cc2)cc1. The topological polar surface area (TPSA) is 84.9 Å². The third kappa shape index (κ3) is 5.84. The van der Waals surface area contributed by atoms with Gasteiger partial charge in [-0.05, 0) is 56.3 Å². The fraction of sp³-hybridized carbons (Fsp3) is 0.240. The Morgan fingerprint density at radius 1 is 1.00 bits per heavy atom. The van der Waals surface area contributed by atoms with Crippen molar-refractivity contribution in [3.8, 4) is 11.5 Å². The number of carbonyl (C=O) groups is 1. The molecule has 1 amide bonds. The van der Waals surface area contributed by atoms with E-state index >= 15 is 0 Å². The van der Waals surface area contributed by atoms with E-state index in [-0.39, 0.29) is 23.5 Å². The lowest BCUT2D eigenvalue weighted by Gasteiger charge is -2.20. The predicted octanol–water partition coefficient (Wildman–Crippen LogP) is 4.08. The van der Waals surface area contributed by atoms with Crippen LogP contribution in [0.2, 0.25) is 0 Å². The molecule has 0 aliphatic carbocycles. The molecule has 1 atom stereocenters. The molecule has 0 saturated heterocycles. The largest absolute Gasteiger partial charge is 0.496 e. The minimum atomic E-state index is -3.67. The highest BCUT2D eigenvalue weighted by Crippen LogP contribution is 2.26. The van der Waals surface area contributed by atoms with Crippen LogP contribution in [0.25, 0.3) is 0 Å². The van der Waals surface area contributed by atoms with E-state index in [2.05, 4.69) is 5.32 Å². The van der Waals surface area contributed by atoms with Crippen LogP contribution in [0.4, 0.5) is 5.69 Å². The first-order valence-corrected chi connectivity index (χ1v) is 11.9. The Bertz CT molecular complexity index is 1190. The number of ether oxygens (including phenoxy) is 2. The number of carbonyl (C=O) groups excluding carboxylic acids is 1. The first-order chi connectivity index (χ1) is 15.7. The number of aryl methyl sites for hydroxylation is 1. The van der Waals surface area contributed by atoms with Crippen LogP contribution in [0.15, 0.2) is 77.7 Å². The molecule has 0 unspecified atom stereocenters. The van der Waals surface area contributed by atoms with Gasteiger partial charge in [0.2, 0.25) is 0 Å². The molecule has 3 aromatic rings. The number of amides is 1. The third-order valence-corrected chi connectivity index (χ3v) is 7.03. The van der Waals surface area contributed by atoms with Crippen molar-refractivity contribution in [2.45, 2.75) is 24.8 Å². The lowest BCUT2D eigenvalue weighted by molar-refractivity contribution is -0.123. The van der Waals surface area contributed by atoms with Gasteiger partial charge >= 0.3 is 0 Å². The van der Waals surface area contributed by atoms with Crippen molar-refractivity contribution < 1.29 is 22.7 Å². The van der Waals surface area contributed by atoms with Crippen molar-refractivity contribution in [2.24, 2.45) is 0 Å². The lowest BCUT2D eigenvalue weighted by atomic mass is 10.1. The summed E-state index contributed by atoms with van der Waals surface area (Å²) in [5, 5.41) is 2.88. The summed E-state index contributed by atoms with van der Waals surface area (Å²) in [6, 6.07) is 20.5. The molecule has 0 fully saturated rings. The minimum Gasteiger partial charge on any atom is -0.496 e. The van der Waals surface area contributed by atoms with Gasteiger partial charge in [0, 0.05) is 12.6 Å². The van der Waals surface area contributed by atoms with Crippen LogP contribution in [-0.4, -0.2) is 35.1 Å². The van der Waals surface area contributed by atoms with Crippen LogP contribution in [0, 0.1) is 6.92 Å². The molecule has 0 aromatic heterocycles. The molecule has 0 aliphatic rings. The smallest absolute Gasteiger partial charge is 0.264 e. The number of sulfonamides is 1. The van der Waals surface area contributed by atoms with E-state index in [0.29, 0.717) is 17.2 Å². The first-order valence-electron chi connectivity index (χ1n) is 10.4. The molecule has 3 aromatic carbocycles. The molecule has 174 valence electrons. The van der Waals surface area contributed by atoms with Gasteiger partial charge < -0.3 is 14.8 Å².